The van der Waals surface area contributed by atoms with Gasteiger partial charge in [-0.25, -0.2) is 13.6 Å². The quantitative estimate of drug-likeness (QED) is 0.603. The number of nitrogens with one attached hydrogen (secondary N) is 1. The highest BCUT2D eigenvalue weighted by Gasteiger charge is 2.24. The van der Waals surface area contributed by atoms with Gasteiger partial charge in [-0.3, -0.25) is 9.59 Å². The highest BCUT2D eigenvalue weighted by molar-refractivity contribution is 7.18. The van der Waals surface area contributed by atoms with Crippen LogP contribution in [0.2, 0.25) is 0 Å². The number of ether oxygens (including phenoxy) is 1. The summed E-state index contributed by atoms with van der Waals surface area (Å²) in [5, 5.41) is 3.20. The predicted octanol–water partition coefficient (Wildman–Crippen LogP) is 4.36. The van der Waals surface area contributed by atoms with Crippen molar-refractivity contribution in [1.29, 1.82) is 0 Å². The molecule has 0 fully saturated rings. The molecular weight excluding hydrogens is 376 g/mol. The summed E-state index contributed by atoms with van der Waals surface area (Å²) in [6.07, 6.45) is 0. The van der Waals surface area contributed by atoms with Gasteiger partial charge in [-0.05, 0) is 30.7 Å². The number of hydrogen-bond donors (Lipinski definition) is 1. The Hall–Kier alpha value is -2.61. The number of carbonyl (C=O) groups excluding carboxylic acids is 3. The van der Waals surface area contributed by atoms with Crippen LogP contribution in [0.1, 0.15) is 46.4 Å². The van der Waals surface area contributed by atoms with Crippen molar-refractivity contribution in [2.75, 3.05) is 11.9 Å². The smallest absolute Gasteiger partial charge is 0.349 e. The Morgan fingerprint density at radius 2 is 1.81 bits per heavy atom. The largest absolute Gasteiger partial charge is 0.453 e. The summed E-state index contributed by atoms with van der Waals surface area (Å²) >= 11 is 1.02. The molecule has 0 aliphatic rings. The van der Waals surface area contributed by atoms with E-state index in [0.717, 1.165) is 23.5 Å². The van der Waals surface area contributed by atoms with Crippen molar-refractivity contribution in [3.63, 3.8) is 0 Å². The molecule has 0 radical (unpaired) electrons. The Morgan fingerprint density at radius 3 is 2.41 bits per heavy atom. The van der Waals surface area contributed by atoms with E-state index in [0.29, 0.717) is 16.6 Å². The number of hydrogen-bond acceptors (Lipinski definition) is 5. The van der Waals surface area contributed by atoms with Crippen molar-refractivity contribution in [2.24, 2.45) is 5.41 Å². The molecule has 0 aliphatic carbocycles. The molecule has 0 unspecified atom stereocenters. The molecule has 0 atom stereocenters. The van der Waals surface area contributed by atoms with Crippen LogP contribution in [0.4, 0.5) is 13.8 Å². The molecular formula is C19H19F2NO4S. The van der Waals surface area contributed by atoms with E-state index < -0.39 is 35.4 Å². The first kappa shape index (κ1) is 20.7. The molecule has 0 saturated carbocycles. The zero-order chi connectivity index (χ0) is 20.4. The van der Waals surface area contributed by atoms with Crippen LogP contribution >= 0.6 is 11.3 Å². The lowest BCUT2D eigenvalue weighted by Gasteiger charge is -2.16. The Kier molecular flexibility index (Phi) is 6.10. The minimum absolute atomic E-state index is 0.203. The summed E-state index contributed by atoms with van der Waals surface area (Å²) < 4.78 is 31.4. The highest BCUT2D eigenvalue weighted by atomic mass is 32.1. The molecule has 8 heteroatoms. The summed E-state index contributed by atoms with van der Waals surface area (Å²) in [5.74, 6) is -3.57. The third kappa shape index (κ3) is 5.19. The first-order valence-electron chi connectivity index (χ1n) is 8.06. The molecule has 0 spiro atoms. The number of carbonyl (C=O) groups is 3. The second-order valence-electron chi connectivity index (χ2n) is 6.95. The molecule has 1 aromatic carbocycles. The van der Waals surface area contributed by atoms with Crippen molar-refractivity contribution < 1.29 is 27.9 Å². The van der Waals surface area contributed by atoms with Crippen LogP contribution < -0.4 is 5.32 Å². The van der Waals surface area contributed by atoms with Crippen molar-refractivity contribution in [2.45, 2.75) is 27.7 Å². The van der Waals surface area contributed by atoms with E-state index in [2.05, 4.69) is 5.32 Å². The van der Waals surface area contributed by atoms with Gasteiger partial charge in [0.15, 0.2) is 6.61 Å². The van der Waals surface area contributed by atoms with Gasteiger partial charge >= 0.3 is 5.97 Å². The number of thiophene rings is 1. The summed E-state index contributed by atoms with van der Waals surface area (Å²) in [6, 6.07) is 4.16. The lowest BCUT2D eigenvalue weighted by atomic mass is 9.96. The third-order valence-corrected chi connectivity index (χ3v) is 4.72. The Morgan fingerprint density at radius 1 is 1.15 bits per heavy atom. The molecule has 2 rings (SSSR count). The van der Waals surface area contributed by atoms with Gasteiger partial charge in [0.2, 0.25) is 11.7 Å². The van der Waals surface area contributed by atoms with Crippen molar-refractivity contribution in [1.82, 2.24) is 0 Å². The Labute approximate surface area is 159 Å². The number of aryl methyl sites for hydroxylation is 1. The summed E-state index contributed by atoms with van der Waals surface area (Å²) in [6.45, 7) is 6.28. The minimum Gasteiger partial charge on any atom is -0.453 e. The minimum atomic E-state index is -1.02. The SMILES string of the molecule is Cc1cc(NC(=O)C(C)(C)C)sc1C(=O)OCC(=O)c1ccc(F)cc1F. The van der Waals surface area contributed by atoms with E-state index in [1.165, 1.54) is 0 Å². The Balaban J connectivity index is 2.04. The Bertz CT molecular complexity index is 900. The van der Waals surface area contributed by atoms with Crippen molar-refractivity contribution in [3.05, 3.63) is 51.9 Å². The fraction of sp³-hybridized carbons (Fsp3) is 0.316. The standard InChI is InChI=1S/C19H19F2NO4S/c1-10-7-15(22-18(25)19(2,3)4)27-16(10)17(24)26-9-14(23)12-6-5-11(20)8-13(12)21/h5-8H,9H2,1-4H3,(H,22,25). The maximum atomic E-state index is 13.6. The van der Waals surface area contributed by atoms with Gasteiger partial charge in [0.25, 0.3) is 0 Å². The van der Waals surface area contributed by atoms with Gasteiger partial charge in [0.1, 0.15) is 16.5 Å². The number of halogens is 2. The number of benzene rings is 1. The first-order chi connectivity index (χ1) is 12.5. The van der Waals surface area contributed by atoms with Crippen LogP contribution in [-0.4, -0.2) is 24.3 Å². The van der Waals surface area contributed by atoms with E-state index in [-0.39, 0.29) is 16.3 Å². The number of anilines is 1. The second kappa shape index (κ2) is 7.96. The maximum absolute atomic E-state index is 13.6. The number of esters is 1. The van der Waals surface area contributed by atoms with E-state index >= 15 is 0 Å². The molecule has 1 heterocycles. The monoisotopic (exact) mass is 395 g/mol. The van der Waals surface area contributed by atoms with Crippen LogP contribution in [0.25, 0.3) is 0 Å². The lowest BCUT2D eigenvalue weighted by molar-refractivity contribution is -0.123. The zero-order valence-electron chi connectivity index (χ0n) is 15.3. The van der Waals surface area contributed by atoms with Gasteiger partial charge in [0, 0.05) is 11.5 Å². The number of Topliss-reactive ketones (excluding diaryl/α,β-unsaturated/α-hetero) is 1. The number of ketones is 1. The topological polar surface area (TPSA) is 72.5 Å². The van der Waals surface area contributed by atoms with E-state index in [4.69, 9.17) is 4.74 Å². The molecule has 0 bridgehead atoms. The van der Waals surface area contributed by atoms with Gasteiger partial charge in [-0.1, -0.05) is 20.8 Å². The molecule has 5 nitrogen and oxygen atoms in total. The van der Waals surface area contributed by atoms with E-state index in [9.17, 15) is 23.2 Å². The van der Waals surface area contributed by atoms with Gasteiger partial charge in [-0.2, -0.15) is 0 Å². The lowest BCUT2D eigenvalue weighted by Crippen LogP contribution is -2.27. The molecule has 27 heavy (non-hydrogen) atoms. The molecule has 144 valence electrons. The summed E-state index contributed by atoms with van der Waals surface area (Å²) in [5.41, 5.74) is -0.371. The second-order valence-corrected chi connectivity index (χ2v) is 8.00. The van der Waals surface area contributed by atoms with Crippen LogP contribution in [0.5, 0.6) is 0 Å². The summed E-state index contributed by atoms with van der Waals surface area (Å²) in [7, 11) is 0. The van der Waals surface area contributed by atoms with Crippen LogP contribution in [0, 0.1) is 24.0 Å². The van der Waals surface area contributed by atoms with Crippen molar-refractivity contribution in [3.8, 4) is 0 Å². The number of rotatable bonds is 5. The molecule has 1 N–H and O–H groups in total. The van der Waals surface area contributed by atoms with E-state index in [1.54, 1.807) is 33.8 Å². The van der Waals surface area contributed by atoms with Gasteiger partial charge < -0.3 is 10.1 Å². The molecule has 2 aromatic rings. The molecule has 1 amide bonds. The molecule has 1 aromatic heterocycles. The first-order valence-corrected chi connectivity index (χ1v) is 8.88. The van der Waals surface area contributed by atoms with E-state index in [1.807, 2.05) is 0 Å². The predicted molar refractivity (Wildman–Crippen MR) is 98.1 cm³/mol. The fourth-order valence-electron chi connectivity index (χ4n) is 2.04. The average Bonchev–Trinajstić information content (AvgIpc) is 2.92. The maximum Gasteiger partial charge on any atom is 0.349 e. The van der Waals surface area contributed by atoms with Gasteiger partial charge in [0.05, 0.1) is 10.6 Å². The van der Waals surface area contributed by atoms with Crippen LogP contribution in [-0.2, 0) is 9.53 Å². The van der Waals surface area contributed by atoms with Gasteiger partial charge in [-0.15, -0.1) is 11.3 Å². The third-order valence-electron chi connectivity index (χ3n) is 3.59. The molecule has 0 aliphatic heterocycles. The highest BCUT2D eigenvalue weighted by Crippen LogP contribution is 2.29. The summed E-state index contributed by atoms with van der Waals surface area (Å²) in [4.78, 5) is 36.4. The van der Waals surface area contributed by atoms with Crippen molar-refractivity contribution >= 4 is 34.0 Å². The fourth-order valence-corrected chi connectivity index (χ4v) is 3.00. The normalized spacial score (nSPS) is 11.2. The van der Waals surface area contributed by atoms with Crippen LogP contribution in [0.15, 0.2) is 24.3 Å². The average molecular weight is 395 g/mol. The number of amides is 1. The molecule has 0 saturated heterocycles. The zero-order valence-corrected chi connectivity index (χ0v) is 16.1. The van der Waals surface area contributed by atoms with Crippen LogP contribution in [0.3, 0.4) is 0 Å².